The third-order valence-electron chi connectivity index (χ3n) is 5.67. The predicted molar refractivity (Wildman–Crippen MR) is 70.3 cm³/mol. The zero-order valence-corrected chi connectivity index (χ0v) is 11.7. The van der Waals surface area contributed by atoms with Gasteiger partial charge in [0.05, 0.1) is 5.41 Å². The number of hydrogen-bond donors (Lipinski definition) is 2. The summed E-state index contributed by atoms with van der Waals surface area (Å²) in [5.41, 5.74) is -0.758. The van der Waals surface area contributed by atoms with Gasteiger partial charge in [0.15, 0.2) is 0 Å². The minimum atomic E-state index is -0.803. The number of nitrogens with one attached hydrogen (secondary N) is 1. The Morgan fingerprint density at radius 2 is 1.79 bits per heavy atom. The molecule has 2 N–H and O–H groups in total. The van der Waals surface area contributed by atoms with Crippen LogP contribution in [0.4, 0.5) is 0 Å². The molecule has 3 saturated carbocycles. The van der Waals surface area contributed by atoms with Crippen molar-refractivity contribution in [2.24, 2.45) is 35.0 Å². The fourth-order valence-electron chi connectivity index (χ4n) is 4.40. The van der Waals surface area contributed by atoms with E-state index in [9.17, 15) is 9.59 Å². The molecule has 2 bridgehead atoms. The van der Waals surface area contributed by atoms with Gasteiger partial charge >= 0.3 is 5.97 Å². The summed E-state index contributed by atoms with van der Waals surface area (Å²) in [5, 5.41) is 12.0. The lowest BCUT2D eigenvalue weighted by atomic mass is 9.89. The summed E-state index contributed by atoms with van der Waals surface area (Å²) in [5.74, 6) is 2.55. The third kappa shape index (κ3) is 2.05. The molecule has 0 aromatic rings. The third-order valence-corrected chi connectivity index (χ3v) is 5.67. The van der Waals surface area contributed by atoms with Crippen LogP contribution in [-0.2, 0) is 9.59 Å². The Labute approximate surface area is 113 Å². The van der Waals surface area contributed by atoms with Crippen molar-refractivity contribution in [1.29, 1.82) is 0 Å². The smallest absolute Gasteiger partial charge is 0.309 e. The highest BCUT2D eigenvalue weighted by Gasteiger charge is 2.67. The lowest BCUT2D eigenvalue weighted by Gasteiger charge is -2.19. The molecule has 4 atom stereocenters. The van der Waals surface area contributed by atoms with E-state index >= 15 is 0 Å². The molecule has 1 amide bonds. The van der Waals surface area contributed by atoms with Crippen LogP contribution in [0.15, 0.2) is 0 Å². The monoisotopic (exact) mass is 265 g/mol. The van der Waals surface area contributed by atoms with Crippen LogP contribution in [0.2, 0.25) is 0 Å². The van der Waals surface area contributed by atoms with Crippen molar-refractivity contribution in [3.8, 4) is 0 Å². The number of rotatable bonds is 5. The van der Waals surface area contributed by atoms with E-state index in [1.54, 1.807) is 13.8 Å². The second-order valence-corrected chi connectivity index (χ2v) is 7.24. The average Bonchev–Trinajstić information content (AvgIpc) is 2.78. The maximum absolute atomic E-state index is 12.1. The van der Waals surface area contributed by atoms with Gasteiger partial charge in [0.25, 0.3) is 0 Å². The number of fused-ring (bicyclic) bond motifs is 5. The number of amides is 1. The first-order valence-electron chi connectivity index (χ1n) is 7.43. The van der Waals surface area contributed by atoms with Crippen LogP contribution in [0.5, 0.6) is 0 Å². The normalized spacial score (nSPS) is 38.9. The number of hydrogen-bond acceptors (Lipinski definition) is 2. The highest BCUT2D eigenvalue weighted by molar-refractivity contribution is 5.83. The van der Waals surface area contributed by atoms with Gasteiger partial charge in [0.1, 0.15) is 0 Å². The first-order chi connectivity index (χ1) is 8.92. The predicted octanol–water partition coefficient (Wildman–Crippen LogP) is 1.90. The van der Waals surface area contributed by atoms with Gasteiger partial charge < -0.3 is 10.4 Å². The van der Waals surface area contributed by atoms with E-state index in [2.05, 4.69) is 5.32 Å². The zero-order valence-electron chi connectivity index (χ0n) is 11.7. The number of carbonyl (C=O) groups is 2. The maximum atomic E-state index is 12.1. The van der Waals surface area contributed by atoms with Crippen LogP contribution in [0, 0.1) is 35.0 Å². The van der Waals surface area contributed by atoms with Gasteiger partial charge in [-0.05, 0) is 63.2 Å². The summed E-state index contributed by atoms with van der Waals surface area (Å²) >= 11 is 0. The SMILES string of the molecule is CC(C)(CCNC(=O)C1C2C3CCC(C3)C12)C(=O)O. The van der Waals surface area contributed by atoms with Crippen molar-refractivity contribution in [3.63, 3.8) is 0 Å². The summed E-state index contributed by atoms with van der Waals surface area (Å²) in [6.45, 7) is 3.88. The highest BCUT2D eigenvalue weighted by atomic mass is 16.4. The van der Waals surface area contributed by atoms with Crippen molar-refractivity contribution < 1.29 is 14.7 Å². The zero-order chi connectivity index (χ0) is 13.8. The quantitative estimate of drug-likeness (QED) is 0.798. The second kappa shape index (κ2) is 4.22. The van der Waals surface area contributed by atoms with Crippen LogP contribution in [0.1, 0.15) is 39.5 Å². The molecule has 0 saturated heterocycles. The highest BCUT2D eigenvalue weighted by Crippen LogP contribution is 2.69. The molecule has 19 heavy (non-hydrogen) atoms. The first kappa shape index (κ1) is 12.9. The molecule has 0 aromatic heterocycles. The fourth-order valence-corrected chi connectivity index (χ4v) is 4.40. The van der Waals surface area contributed by atoms with Gasteiger partial charge in [-0.3, -0.25) is 9.59 Å². The molecule has 106 valence electrons. The summed E-state index contributed by atoms with van der Waals surface area (Å²) < 4.78 is 0. The van der Waals surface area contributed by atoms with Gasteiger partial charge in [-0.2, -0.15) is 0 Å². The van der Waals surface area contributed by atoms with Crippen LogP contribution >= 0.6 is 0 Å². The molecule has 4 heteroatoms. The first-order valence-corrected chi connectivity index (χ1v) is 7.43. The van der Waals surface area contributed by atoms with Gasteiger partial charge in [0.2, 0.25) is 5.91 Å². The Morgan fingerprint density at radius 1 is 1.21 bits per heavy atom. The maximum Gasteiger partial charge on any atom is 0.309 e. The van der Waals surface area contributed by atoms with E-state index in [1.807, 2.05) is 0 Å². The Hall–Kier alpha value is -1.06. The summed E-state index contributed by atoms with van der Waals surface area (Å²) in [4.78, 5) is 23.1. The molecule has 0 aliphatic heterocycles. The Bertz CT molecular complexity index is 402. The summed E-state index contributed by atoms with van der Waals surface area (Å²) in [6.07, 6.45) is 4.48. The van der Waals surface area contributed by atoms with Crippen molar-refractivity contribution in [3.05, 3.63) is 0 Å². The molecular weight excluding hydrogens is 242 g/mol. The van der Waals surface area contributed by atoms with Crippen molar-refractivity contribution >= 4 is 11.9 Å². The molecule has 3 aliphatic carbocycles. The van der Waals surface area contributed by atoms with E-state index in [4.69, 9.17) is 5.11 Å². The minimum absolute atomic E-state index is 0.174. The van der Waals surface area contributed by atoms with Gasteiger partial charge in [-0.1, -0.05) is 0 Å². The molecule has 4 nitrogen and oxygen atoms in total. The van der Waals surface area contributed by atoms with E-state index in [1.165, 1.54) is 19.3 Å². The average molecular weight is 265 g/mol. The molecule has 0 aromatic carbocycles. The number of carboxylic acid groups (broad SMARTS) is 1. The van der Waals surface area contributed by atoms with E-state index < -0.39 is 11.4 Å². The number of carboxylic acids is 1. The molecule has 3 fully saturated rings. The van der Waals surface area contributed by atoms with Gasteiger partial charge in [0, 0.05) is 12.5 Å². The number of carbonyl (C=O) groups excluding carboxylic acids is 1. The van der Waals surface area contributed by atoms with Crippen molar-refractivity contribution in [1.82, 2.24) is 5.32 Å². The minimum Gasteiger partial charge on any atom is -0.481 e. The van der Waals surface area contributed by atoms with Crippen molar-refractivity contribution in [2.75, 3.05) is 6.54 Å². The summed E-state index contributed by atoms with van der Waals surface area (Å²) in [7, 11) is 0. The summed E-state index contributed by atoms with van der Waals surface area (Å²) in [6, 6.07) is 0. The molecule has 0 spiro atoms. The molecule has 0 heterocycles. The second-order valence-electron chi connectivity index (χ2n) is 7.24. The molecular formula is C15H23NO3. The van der Waals surface area contributed by atoms with Crippen LogP contribution in [0.3, 0.4) is 0 Å². The lowest BCUT2D eigenvalue weighted by molar-refractivity contribution is -0.147. The molecule has 3 aliphatic rings. The Balaban J connectivity index is 1.45. The van der Waals surface area contributed by atoms with Gasteiger partial charge in [-0.25, -0.2) is 0 Å². The van der Waals surface area contributed by atoms with Gasteiger partial charge in [-0.15, -0.1) is 0 Å². The topological polar surface area (TPSA) is 66.4 Å². The molecule has 3 rings (SSSR count). The van der Waals surface area contributed by atoms with Crippen molar-refractivity contribution in [2.45, 2.75) is 39.5 Å². The van der Waals surface area contributed by atoms with E-state index in [-0.39, 0.29) is 11.8 Å². The van der Waals surface area contributed by atoms with E-state index in [0.717, 1.165) is 11.8 Å². The molecule has 4 unspecified atom stereocenters. The molecule has 0 radical (unpaired) electrons. The van der Waals surface area contributed by atoms with E-state index in [0.29, 0.717) is 24.8 Å². The standard InChI is InChI=1S/C15H23NO3/c1-15(2,14(18)19)5-6-16-13(17)12-10-8-3-4-9(7-8)11(10)12/h8-12H,3-7H2,1-2H3,(H,16,17)(H,18,19). The Morgan fingerprint density at radius 3 is 2.32 bits per heavy atom. The fraction of sp³-hybridized carbons (Fsp3) is 0.867. The van der Waals surface area contributed by atoms with Crippen LogP contribution < -0.4 is 5.32 Å². The Kier molecular flexibility index (Phi) is 2.88. The van der Waals surface area contributed by atoms with Crippen LogP contribution in [-0.4, -0.2) is 23.5 Å². The lowest BCUT2D eigenvalue weighted by Crippen LogP contribution is -2.33. The van der Waals surface area contributed by atoms with Crippen LogP contribution in [0.25, 0.3) is 0 Å². The largest absolute Gasteiger partial charge is 0.481 e. The number of aliphatic carboxylic acids is 1.